The molecule has 0 aliphatic carbocycles. The number of morpholine rings is 1. The number of carbonyl (C=O) groups excluding carboxylic acids is 2. The second-order valence-corrected chi connectivity index (χ2v) is 5.76. The predicted molar refractivity (Wildman–Crippen MR) is 85.6 cm³/mol. The zero-order valence-corrected chi connectivity index (χ0v) is 13.3. The molecule has 2 amide bonds. The van der Waals surface area contributed by atoms with Gasteiger partial charge in [-0.2, -0.15) is 0 Å². The molecule has 2 aliphatic rings. The number of ether oxygens (including phenoxy) is 2. The van der Waals surface area contributed by atoms with Crippen LogP contribution in [0, 0.1) is 0 Å². The van der Waals surface area contributed by atoms with Crippen molar-refractivity contribution in [2.75, 3.05) is 36.9 Å². The van der Waals surface area contributed by atoms with Crippen LogP contribution in [-0.2, 0) is 14.3 Å². The van der Waals surface area contributed by atoms with Gasteiger partial charge in [0.15, 0.2) is 6.10 Å². The molecule has 7 nitrogen and oxygen atoms in total. The molecule has 23 heavy (non-hydrogen) atoms. The van der Waals surface area contributed by atoms with E-state index < -0.39 is 6.10 Å². The Balaban J connectivity index is 1.67. The van der Waals surface area contributed by atoms with Gasteiger partial charge in [0.25, 0.3) is 5.91 Å². The second kappa shape index (κ2) is 6.45. The Morgan fingerprint density at radius 3 is 2.87 bits per heavy atom. The van der Waals surface area contributed by atoms with Crippen molar-refractivity contribution in [3.63, 3.8) is 0 Å². The van der Waals surface area contributed by atoms with Crippen LogP contribution < -0.4 is 15.4 Å². The van der Waals surface area contributed by atoms with Crippen LogP contribution in [0.2, 0.25) is 0 Å². The number of rotatable bonds is 3. The standard InChI is InChI=1S/C16H21N3O4/c1-10(16(21)19-5-7-22-8-6-19)17-12-3-4-14-13(9-12)18-15(20)11(2)23-14/h3-4,9-11,17H,5-8H2,1-2H3,(H,18,20)/t10-,11+/m0/s1. The normalized spacial score (nSPS) is 21.7. The van der Waals surface area contributed by atoms with Gasteiger partial charge in [0, 0.05) is 18.8 Å². The maximum atomic E-state index is 12.4. The highest BCUT2D eigenvalue weighted by Crippen LogP contribution is 2.32. The van der Waals surface area contributed by atoms with E-state index in [-0.39, 0.29) is 17.9 Å². The van der Waals surface area contributed by atoms with Gasteiger partial charge in [-0.05, 0) is 32.0 Å². The Morgan fingerprint density at radius 2 is 2.13 bits per heavy atom. The van der Waals surface area contributed by atoms with E-state index in [9.17, 15) is 9.59 Å². The van der Waals surface area contributed by atoms with Gasteiger partial charge in [0.2, 0.25) is 5.91 Å². The summed E-state index contributed by atoms with van der Waals surface area (Å²) in [5.41, 5.74) is 1.38. The minimum Gasteiger partial charge on any atom is -0.479 e. The maximum Gasteiger partial charge on any atom is 0.265 e. The van der Waals surface area contributed by atoms with E-state index in [2.05, 4.69) is 10.6 Å². The summed E-state index contributed by atoms with van der Waals surface area (Å²) in [5, 5.41) is 5.98. The van der Waals surface area contributed by atoms with Crippen LogP contribution in [-0.4, -0.2) is 55.2 Å². The lowest BCUT2D eigenvalue weighted by molar-refractivity contribution is -0.135. The molecule has 1 aromatic rings. The van der Waals surface area contributed by atoms with E-state index in [1.165, 1.54) is 0 Å². The minimum absolute atomic E-state index is 0.0416. The van der Waals surface area contributed by atoms with E-state index in [0.717, 1.165) is 5.69 Å². The third kappa shape index (κ3) is 3.39. The summed E-state index contributed by atoms with van der Waals surface area (Å²) in [4.78, 5) is 25.9. The maximum absolute atomic E-state index is 12.4. The van der Waals surface area contributed by atoms with Crippen LogP contribution in [0.25, 0.3) is 0 Å². The highest BCUT2D eigenvalue weighted by molar-refractivity contribution is 5.98. The van der Waals surface area contributed by atoms with Crippen molar-refractivity contribution in [1.82, 2.24) is 4.90 Å². The molecule has 124 valence electrons. The molecule has 0 saturated carbocycles. The molecule has 0 unspecified atom stereocenters. The second-order valence-electron chi connectivity index (χ2n) is 5.76. The first kappa shape index (κ1) is 15.6. The van der Waals surface area contributed by atoms with Crippen molar-refractivity contribution >= 4 is 23.2 Å². The zero-order chi connectivity index (χ0) is 16.4. The van der Waals surface area contributed by atoms with E-state index in [1.54, 1.807) is 24.0 Å². The minimum atomic E-state index is -0.497. The summed E-state index contributed by atoms with van der Waals surface area (Å²) in [7, 11) is 0. The van der Waals surface area contributed by atoms with Gasteiger partial charge in [0.1, 0.15) is 11.8 Å². The van der Waals surface area contributed by atoms with Crippen molar-refractivity contribution < 1.29 is 19.1 Å². The van der Waals surface area contributed by atoms with Crippen molar-refractivity contribution in [3.8, 4) is 5.75 Å². The topological polar surface area (TPSA) is 79.9 Å². The molecule has 2 aliphatic heterocycles. The zero-order valence-electron chi connectivity index (χ0n) is 13.3. The molecule has 2 N–H and O–H groups in total. The molecule has 0 radical (unpaired) electrons. The summed E-state index contributed by atoms with van der Waals surface area (Å²) in [5.74, 6) is 0.502. The first-order chi connectivity index (χ1) is 11.0. The lowest BCUT2D eigenvalue weighted by Crippen LogP contribution is -2.47. The Labute approximate surface area is 134 Å². The van der Waals surface area contributed by atoms with E-state index in [0.29, 0.717) is 37.7 Å². The SMILES string of the molecule is C[C@H](Nc1ccc2c(c1)NC(=O)[C@@H](C)O2)C(=O)N1CCOCC1. The molecular formula is C16H21N3O4. The van der Waals surface area contributed by atoms with Gasteiger partial charge in [-0.3, -0.25) is 9.59 Å². The predicted octanol–water partition coefficient (Wildman–Crippen LogP) is 1.07. The molecule has 1 aromatic carbocycles. The number of hydrogen-bond acceptors (Lipinski definition) is 5. The molecule has 0 bridgehead atoms. The van der Waals surface area contributed by atoms with Crippen LogP contribution in [0.3, 0.4) is 0 Å². The third-order valence-corrected chi connectivity index (χ3v) is 3.99. The number of carbonyl (C=O) groups is 2. The van der Waals surface area contributed by atoms with Crippen molar-refractivity contribution in [2.24, 2.45) is 0 Å². The van der Waals surface area contributed by atoms with Gasteiger partial charge in [-0.1, -0.05) is 0 Å². The highest BCUT2D eigenvalue weighted by atomic mass is 16.5. The average molecular weight is 319 g/mol. The molecular weight excluding hydrogens is 298 g/mol. The summed E-state index contributed by atoms with van der Waals surface area (Å²) >= 11 is 0. The number of fused-ring (bicyclic) bond motifs is 1. The molecule has 1 saturated heterocycles. The molecule has 1 fully saturated rings. The van der Waals surface area contributed by atoms with Gasteiger partial charge in [-0.15, -0.1) is 0 Å². The fraction of sp³-hybridized carbons (Fsp3) is 0.500. The summed E-state index contributed by atoms with van der Waals surface area (Å²) in [6, 6.07) is 5.05. The first-order valence-electron chi connectivity index (χ1n) is 7.79. The van der Waals surface area contributed by atoms with Crippen molar-refractivity contribution in [1.29, 1.82) is 0 Å². The van der Waals surface area contributed by atoms with Crippen LogP contribution in [0.15, 0.2) is 18.2 Å². The molecule has 0 spiro atoms. The molecule has 2 heterocycles. The van der Waals surface area contributed by atoms with E-state index in [1.807, 2.05) is 13.0 Å². The Kier molecular flexibility index (Phi) is 4.38. The van der Waals surface area contributed by atoms with E-state index >= 15 is 0 Å². The fourth-order valence-electron chi connectivity index (χ4n) is 2.67. The number of hydrogen-bond donors (Lipinski definition) is 2. The van der Waals surface area contributed by atoms with Crippen molar-refractivity contribution in [3.05, 3.63) is 18.2 Å². The Hall–Kier alpha value is -2.28. The van der Waals surface area contributed by atoms with Crippen LogP contribution in [0.4, 0.5) is 11.4 Å². The van der Waals surface area contributed by atoms with Crippen LogP contribution in [0.1, 0.15) is 13.8 Å². The van der Waals surface area contributed by atoms with Crippen molar-refractivity contribution in [2.45, 2.75) is 26.0 Å². The lowest BCUT2D eigenvalue weighted by atomic mass is 10.2. The molecule has 7 heteroatoms. The summed E-state index contributed by atoms with van der Waals surface area (Å²) in [6.07, 6.45) is -0.497. The number of amides is 2. The number of benzene rings is 1. The summed E-state index contributed by atoms with van der Waals surface area (Å²) in [6.45, 7) is 5.94. The number of anilines is 2. The summed E-state index contributed by atoms with van der Waals surface area (Å²) < 4.78 is 10.8. The number of nitrogens with one attached hydrogen (secondary N) is 2. The molecule has 3 rings (SSSR count). The highest BCUT2D eigenvalue weighted by Gasteiger charge is 2.25. The fourth-order valence-corrected chi connectivity index (χ4v) is 2.67. The quantitative estimate of drug-likeness (QED) is 0.871. The first-order valence-corrected chi connectivity index (χ1v) is 7.79. The van der Waals surface area contributed by atoms with Crippen LogP contribution >= 0.6 is 0 Å². The van der Waals surface area contributed by atoms with Crippen LogP contribution in [0.5, 0.6) is 5.75 Å². The lowest BCUT2D eigenvalue weighted by Gasteiger charge is -2.30. The molecule has 2 atom stereocenters. The average Bonchev–Trinajstić information content (AvgIpc) is 2.56. The monoisotopic (exact) mass is 319 g/mol. The Bertz CT molecular complexity index is 613. The molecule has 0 aromatic heterocycles. The Morgan fingerprint density at radius 1 is 1.39 bits per heavy atom. The van der Waals surface area contributed by atoms with E-state index in [4.69, 9.17) is 9.47 Å². The number of nitrogens with zero attached hydrogens (tertiary/aromatic N) is 1. The van der Waals surface area contributed by atoms with Gasteiger partial charge >= 0.3 is 0 Å². The van der Waals surface area contributed by atoms with Gasteiger partial charge in [-0.25, -0.2) is 0 Å². The smallest absolute Gasteiger partial charge is 0.265 e. The third-order valence-electron chi connectivity index (χ3n) is 3.99. The van der Waals surface area contributed by atoms with Gasteiger partial charge < -0.3 is 25.0 Å². The largest absolute Gasteiger partial charge is 0.479 e. The van der Waals surface area contributed by atoms with Gasteiger partial charge in [0.05, 0.1) is 18.9 Å².